The highest BCUT2D eigenvalue weighted by atomic mass is 16.5. The van der Waals surface area contributed by atoms with Crippen LogP contribution in [0.4, 0.5) is 15.3 Å². The first-order valence-corrected chi connectivity index (χ1v) is 10.6. The molecular formula is C22H32N4O3. The molecule has 3 heterocycles. The van der Waals surface area contributed by atoms with Crippen LogP contribution in [0.3, 0.4) is 0 Å². The number of nitrogens with zero attached hydrogens (tertiary/aromatic N) is 4. The number of ether oxygens (including phenoxy) is 1. The zero-order valence-electron chi connectivity index (χ0n) is 17.8. The van der Waals surface area contributed by atoms with E-state index in [4.69, 9.17) is 4.74 Å². The van der Waals surface area contributed by atoms with Gasteiger partial charge in [-0.05, 0) is 50.4 Å². The summed E-state index contributed by atoms with van der Waals surface area (Å²) >= 11 is 0. The average molecular weight is 401 g/mol. The SMILES string of the molecule is COC(=O)N1CCC(N2CCC3(CC2)CN(C(=O)N(C)C)c2ccccc23)CC1. The van der Waals surface area contributed by atoms with E-state index in [1.54, 1.807) is 9.80 Å². The van der Waals surface area contributed by atoms with Gasteiger partial charge < -0.3 is 19.4 Å². The van der Waals surface area contributed by atoms with Crippen molar-refractivity contribution in [1.29, 1.82) is 0 Å². The summed E-state index contributed by atoms with van der Waals surface area (Å²) in [5.41, 5.74) is 2.47. The number of fused-ring (bicyclic) bond motifs is 2. The Labute approximate surface area is 173 Å². The highest BCUT2D eigenvalue weighted by Gasteiger charge is 2.47. The smallest absolute Gasteiger partial charge is 0.409 e. The van der Waals surface area contributed by atoms with Crippen LogP contribution in [-0.4, -0.2) is 86.8 Å². The summed E-state index contributed by atoms with van der Waals surface area (Å²) in [5.74, 6) is 0. The van der Waals surface area contributed by atoms with Crippen molar-refractivity contribution >= 4 is 17.8 Å². The maximum absolute atomic E-state index is 12.8. The monoisotopic (exact) mass is 400 g/mol. The van der Waals surface area contributed by atoms with E-state index >= 15 is 0 Å². The van der Waals surface area contributed by atoms with Crippen molar-refractivity contribution in [2.45, 2.75) is 37.1 Å². The molecule has 1 aromatic rings. The van der Waals surface area contributed by atoms with Crippen LogP contribution in [0.1, 0.15) is 31.2 Å². The topological polar surface area (TPSA) is 56.3 Å². The molecule has 0 bridgehead atoms. The van der Waals surface area contributed by atoms with E-state index in [1.165, 1.54) is 12.7 Å². The van der Waals surface area contributed by atoms with Crippen LogP contribution < -0.4 is 4.90 Å². The summed E-state index contributed by atoms with van der Waals surface area (Å²) in [6.07, 6.45) is 3.93. The Morgan fingerprint density at radius 2 is 1.72 bits per heavy atom. The lowest BCUT2D eigenvalue weighted by atomic mass is 9.74. The number of carbonyl (C=O) groups is 2. The summed E-state index contributed by atoms with van der Waals surface area (Å²) in [6, 6.07) is 9.01. The van der Waals surface area contributed by atoms with E-state index in [0.717, 1.165) is 64.1 Å². The molecule has 0 aliphatic carbocycles. The van der Waals surface area contributed by atoms with E-state index in [2.05, 4.69) is 23.1 Å². The normalized spacial score (nSPS) is 21.9. The fourth-order valence-electron chi connectivity index (χ4n) is 5.33. The van der Waals surface area contributed by atoms with Crippen molar-refractivity contribution in [2.24, 2.45) is 0 Å². The average Bonchev–Trinajstić information content (AvgIpc) is 3.07. The number of hydrogen-bond acceptors (Lipinski definition) is 4. The number of piperidine rings is 2. The van der Waals surface area contributed by atoms with E-state index in [9.17, 15) is 9.59 Å². The number of methoxy groups -OCH3 is 1. The summed E-state index contributed by atoms with van der Waals surface area (Å²) in [5, 5.41) is 0. The van der Waals surface area contributed by atoms with Crippen molar-refractivity contribution in [3.8, 4) is 0 Å². The van der Waals surface area contributed by atoms with Gasteiger partial charge in [0.2, 0.25) is 0 Å². The second-order valence-corrected chi connectivity index (χ2v) is 8.78. The van der Waals surface area contributed by atoms with Gasteiger partial charge in [-0.1, -0.05) is 18.2 Å². The second-order valence-electron chi connectivity index (χ2n) is 8.78. The Morgan fingerprint density at radius 3 is 2.34 bits per heavy atom. The quantitative estimate of drug-likeness (QED) is 0.727. The number of benzene rings is 1. The van der Waals surface area contributed by atoms with Gasteiger partial charge in [-0.3, -0.25) is 4.90 Å². The molecule has 2 fully saturated rings. The molecule has 0 radical (unpaired) electrons. The minimum Gasteiger partial charge on any atom is -0.453 e. The minimum absolute atomic E-state index is 0.0610. The van der Waals surface area contributed by atoms with Crippen LogP contribution in [0.2, 0.25) is 0 Å². The van der Waals surface area contributed by atoms with Crippen molar-refractivity contribution in [2.75, 3.05) is 58.8 Å². The zero-order chi connectivity index (χ0) is 20.6. The van der Waals surface area contributed by atoms with Gasteiger partial charge in [-0.2, -0.15) is 0 Å². The first-order chi connectivity index (χ1) is 13.9. The number of likely N-dealkylation sites (tertiary alicyclic amines) is 2. The van der Waals surface area contributed by atoms with Crippen LogP contribution in [0.25, 0.3) is 0 Å². The molecule has 0 unspecified atom stereocenters. The molecule has 1 spiro atoms. The minimum atomic E-state index is -0.214. The van der Waals surface area contributed by atoms with Gasteiger partial charge >= 0.3 is 12.1 Å². The molecule has 0 atom stereocenters. The Hall–Kier alpha value is -2.28. The van der Waals surface area contributed by atoms with E-state index in [-0.39, 0.29) is 17.5 Å². The van der Waals surface area contributed by atoms with Crippen molar-refractivity contribution in [1.82, 2.24) is 14.7 Å². The first kappa shape index (κ1) is 20.0. The molecule has 3 aliphatic heterocycles. The molecule has 3 amide bonds. The molecule has 3 aliphatic rings. The van der Waals surface area contributed by atoms with Gasteiger partial charge in [-0.15, -0.1) is 0 Å². The Balaban J connectivity index is 1.43. The first-order valence-electron chi connectivity index (χ1n) is 10.6. The Kier molecular flexibility index (Phi) is 5.42. The molecule has 7 nitrogen and oxygen atoms in total. The zero-order valence-corrected chi connectivity index (χ0v) is 17.8. The number of hydrogen-bond donors (Lipinski definition) is 0. The number of urea groups is 1. The predicted octanol–water partition coefficient (Wildman–Crippen LogP) is 2.75. The highest BCUT2D eigenvalue weighted by molar-refractivity contribution is 5.95. The molecule has 4 rings (SSSR count). The Morgan fingerprint density at radius 1 is 1.07 bits per heavy atom. The number of amides is 3. The lowest BCUT2D eigenvalue weighted by Gasteiger charge is -2.45. The Bertz CT molecular complexity index is 765. The number of rotatable bonds is 1. The van der Waals surface area contributed by atoms with Gasteiger partial charge in [0, 0.05) is 50.9 Å². The van der Waals surface area contributed by atoms with E-state index in [0.29, 0.717) is 6.04 Å². The standard InChI is InChI=1S/C22H32N4O3/c1-23(2)20(27)26-16-22(18-6-4-5-7-19(18)26)10-14-24(15-11-22)17-8-12-25(13-9-17)21(28)29-3/h4-7,17H,8-16H2,1-3H3. The van der Waals surface area contributed by atoms with Crippen molar-refractivity contribution in [3.63, 3.8) is 0 Å². The van der Waals surface area contributed by atoms with Crippen LogP contribution in [-0.2, 0) is 10.2 Å². The van der Waals surface area contributed by atoms with Crippen LogP contribution >= 0.6 is 0 Å². The molecule has 7 heteroatoms. The number of carbonyl (C=O) groups excluding carboxylic acids is 2. The van der Waals surface area contributed by atoms with Gasteiger partial charge in [0.1, 0.15) is 0 Å². The summed E-state index contributed by atoms with van der Waals surface area (Å²) in [4.78, 5) is 32.5. The van der Waals surface area contributed by atoms with Gasteiger partial charge in [0.05, 0.1) is 7.11 Å². The molecule has 0 N–H and O–H groups in total. The van der Waals surface area contributed by atoms with E-state index in [1.807, 2.05) is 25.1 Å². The lowest BCUT2D eigenvalue weighted by Crippen LogP contribution is -2.52. The fourth-order valence-corrected chi connectivity index (χ4v) is 5.33. The molecule has 0 saturated carbocycles. The van der Waals surface area contributed by atoms with Gasteiger partial charge in [0.25, 0.3) is 0 Å². The second kappa shape index (κ2) is 7.86. The lowest BCUT2D eigenvalue weighted by molar-refractivity contribution is 0.0632. The molecule has 2 saturated heterocycles. The van der Waals surface area contributed by atoms with Gasteiger partial charge in [-0.25, -0.2) is 9.59 Å². The highest BCUT2D eigenvalue weighted by Crippen LogP contribution is 2.47. The van der Waals surface area contributed by atoms with Crippen LogP contribution in [0.5, 0.6) is 0 Å². The molecule has 158 valence electrons. The maximum atomic E-state index is 12.8. The molecular weight excluding hydrogens is 368 g/mol. The molecule has 29 heavy (non-hydrogen) atoms. The van der Waals surface area contributed by atoms with Crippen molar-refractivity contribution < 1.29 is 14.3 Å². The van der Waals surface area contributed by atoms with Crippen molar-refractivity contribution in [3.05, 3.63) is 29.8 Å². The summed E-state index contributed by atoms with van der Waals surface area (Å²) in [6.45, 7) is 4.40. The number of para-hydroxylation sites is 1. The predicted molar refractivity (Wildman–Crippen MR) is 112 cm³/mol. The largest absolute Gasteiger partial charge is 0.453 e. The molecule has 0 aromatic heterocycles. The molecule has 1 aromatic carbocycles. The van der Waals surface area contributed by atoms with Gasteiger partial charge in [0.15, 0.2) is 0 Å². The third-order valence-electron chi connectivity index (χ3n) is 7.01. The summed E-state index contributed by atoms with van der Waals surface area (Å²) in [7, 11) is 5.08. The van der Waals surface area contributed by atoms with E-state index < -0.39 is 0 Å². The maximum Gasteiger partial charge on any atom is 0.409 e. The fraction of sp³-hybridized carbons (Fsp3) is 0.636. The third kappa shape index (κ3) is 3.56. The summed E-state index contributed by atoms with van der Waals surface area (Å²) < 4.78 is 4.85. The van der Waals surface area contributed by atoms with Crippen LogP contribution in [0.15, 0.2) is 24.3 Å². The third-order valence-corrected chi connectivity index (χ3v) is 7.01. The van der Waals surface area contributed by atoms with Crippen LogP contribution in [0, 0.1) is 0 Å². The number of anilines is 1.